The molecule has 94 valence electrons. The number of benzene rings is 1. The van der Waals surface area contributed by atoms with Gasteiger partial charge in [0, 0.05) is 11.6 Å². The largest absolute Gasteiger partial charge is 0.497 e. The van der Waals surface area contributed by atoms with Crippen LogP contribution in [-0.4, -0.2) is 23.6 Å². The van der Waals surface area contributed by atoms with E-state index in [4.69, 9.17) is 4.74 Å². The molecule has 1 aromatic carbocycles. The predicted molar refractivity (Wildman–Crippen MR) is 66.5 cm³/mol. The number of nitrogens with zero attached hydrogens (tertiary/aromatic N) is 2. The highest BCUT2D eigenvalue weighted by atomic mass is 19.1. The average Bonchev–Trinajstić information content (AvgIpc) is 2.42. The van der Waals surface area contributed by atoms with E-state index in [9.17, 15) is 9.18 Å². The lowest BCUT2D eigenvalue weighted by Crippen LogP contribution is -2.23. The molecule has 0 amide bonds. The Bertz CT molecular complexity index is 578. The quantitative estimate of drug-likeness (QED) is 0.830. The van der Waals surface area contributed by atoms with Crippen molar-refractivity contribution in [3.8, 4) is 17.0 Å². The summed E-state index contributed by atoms with van der Waals surface area (Å²) in [4.78, 5) is 11.4. The zero-order valence-electron chi connectivity index (χ0n) is 9.97. The Morgan fingerprint density at radius 3 is 2.56 bits per heavy atom. The maximum absolute atomic E-state index is 12.3. The van der Waals surface area contributed by atoms with E-state index in [1.807, 2.05) is 24.3 Å². The Hall–Kier alpha value is -2.17. The van der Waals surface area contributed by atoms with Crippen LogP contribution in [0.2, 0.25) is 0 Å². The van der Waals surface area contributed by atoms with Crippen LogP contribution in [0.5, 0.6) is 5.75 Å². The minimum Gasteiger partial charge on any atom is -0.497 e. The van der Waals surface area contributed by atoms with Crippen LogP contribution in [0.1, 0.15) is 0 Å². The lowest BCUT2D eigenvalue weighted by molar-refractivity contribution is 0.414. The number of rotatable bonds is 4. The van der Waals surface area contributed by atoms with E-state index >= 15 is 0 Å². The molecule has 0 fully saturated rings. The molecule has 0 aliphatic rings. The van der Waals surface area contributed by atoms with Gasteiger partial charge in [0.05, 0.1) is 19.3 Å². The van der Waals surface area contributed by atoms with Gasteiger partial charge in [0.25, 0.3) is 5.56 Å². The van der Waals surface area contributed by atoms with Gasteiger partial charge in [-0.1, -0.05) is 0 Å². The van der Waals surface area contributed by atoms with Crippen molar-refractivity contribution in [2.45, 2.75) is 6.54 Å². The number of aromatic nitrogens is 2. The van der Waals surface area contributed by atoms with Crippen LogP contribution in [0.25, 0.3) is 11.3 Å². The van der Waals surface area contributed by atoms with E-state index in [0.717, 1.165) is 16.0 Å². The number of alkyl halides is 1. The normalized spacial score (nSPS) is 10.3. The van der Waals surface area contributed by atoms with Crippen molar-refractivity contribution in [3.05, 3.63) is 46.8 Å². The van der Waals surface area contributed by atoms with Crippen molar-refractivity contribution in [3.63, 3.8) is 0 Å². The van der Waals surface area contributed by atoms with Crippen LogP contribution >= 0.6 is 0 Å². The molecular formula is C13H13FN2O2. The fourth-order valence-electron chi connectivity index (χ4n) is 1.60. The summed E-state index contributed by atoms with van der Waals surface area (Å²) >= 11 is 0. The van der Waals surface area contributed by atoms with Crippen molar-refractivity contribution in [2.75, 3.05) is 13.8 Å². The van der Waals surface area contributed by atoms with Crippen molar-refractivity contribution < 1.29 is 9.13 Å². The first-order valence-corrected chi connectivity index (χ1v) is 5.53. The lowest BCUT2D eigenvalue weighted by atomic mass is 10.1. The Balaban J connectivity index is 2.37. The van der Waals surface area contributed by atoms with Crippen LogP contribution in [-0.2, 0) is 6.54 Å². The first-order valence-electron chi connectivity index (χ1n) is 5.53. The highest BCUT2D eigenvalue weighted by molar-refractivity contribution is 5.59. The molecule has 0 atom stereocenters. The SMILES string of the molecule is COc1ccc(-c2ccc(=O)n(CCF)n2)cc1. The van der Waals surface area contributed by atoms with Gasteiger partial charge in [-0.15, -0.1) is 0 Å². The third kappa shape index (κ3) is 2.56. The molecule has 18 heavy (non-hydrogen) atoms. The van der Waals surface area contributed by atoms with E-state index in [1.165, 1.54) is 6.07 Å². The first-order chi connectivity index (χ1) is 8.74. The number of hydrogen-bond donors (Lipinski definition) is 0. The molecule has 1 heterocycles. The Morgan fingerprint density at radius 2 is 1.94 bits per heavy atom. The minimum atomic E-state index is -0.612. The summed E-state index contributed by atoms with van der Waals surface area (Å²) in [6, 6.07) is 10.3. The van der Waals surface area contributed by atoms with E-state index < -0.39 is 6.67 Å². The molecular weight excluding hydrogens is 235 g/mol. The molecule has 0 bridgehead atoms. The fourth-order valence-corrected chi connectivity index (χ4v) is 1.60. The molecule has 2 aromatic rings. The number of hydrogen-bond acceptors (Lipinski definition) is 3. The second-order valence-electron chi connectivity index (χ2n) is 3.70. The van der Waals surface area contributed by atoms with Crippen molar-refractivity contribution in [1.29, 1.82) is 0 Å². The molecule has 0 unspecified atom stereocenters. The number of halogens is 1. The van der Waals surface area contributed by atoms with Crippen LogP contribution in [0.15, 0.2) is 41.2 Å². The topological polar surface area (TPSA) is 44.1 Å². The van der Waals surface area contributed by atoms with Gasteiger partial charge < -0.3 is 4.74 Å². The van der Waals surface area contributed by atoms with E-state index in [1.54, 1.807) is 13.2 Å². The van der Waals surface area contributed by atoms with Gasteiger partial charge in [0.15, 0.2) is 0 Å². The van der Waals surface area contributed by atoms with E-state index in [-0.39, 0.29) is 12.1 Å². The molecule has 0 radical (unpaired) electrons. The van der Waals surface area contributed by atoms with Gasteiger partial charge in [0.1, 0.15) is 12.4 Å². The maximum Gasteiger partial charge on any atom is 0.266 e. The average molecular weight is 248 g/mol. The van der Waals surface area contributed by atoms with Crippen LogP contribution in [0, 0.1) is 0 Å². The van der Waals surface area contributed by atoms with Crippen LogP contribution in [0.3, 0.4) is 0 Å². The Kier molecular flexibility index (Phi) is 3.72. The summed E-state index contributed by atoms with van der Waals surface area (Å²) in [5, 5.41) is 4.11. The second kappa shape index (κ2) is 5.44. The zero-order valence-corrected chi connectivity index (χ0v) is 9.97. The fraction of sp³-hybridized carbons (Fsp3) is 0.231. The van der Waals surface area contributed by atoms with Crippen molar-refractivity contribution >= 4 is 0 Å². The molecule has 4 nitrogen and oxygen atoms in total. The molecule has 0 saturated heterocycles. The van der Waals surface area contributed by atoms with Crippen molar-refractivity contribution in [2.24, 2.45) is 0 Å². The van der Waals surface area contributed by atoms with E-state index in [0.29, 0.717) is 5.69 Å². The minimum absolute atomic E-state index is 0.0250. The summed E-state index contributed by atoms with van der Waals surface area (Å²) in [5.74, 6) is 0.746. The third-order valence-corrected chi connectivity index (χ3v) is 2.55. The van der Waals surface area contributed by atoms with Crippen molar-refractivity contribution in [1.82, 2.24) is 9.78 Å². The van der Waals surface area contributed by atoms with E-state index in [2.05, 4.69) is 5.10 Å². The number of aryl methyl sites for hydroxylation is 1. The molecule has 0 aliphatic carbocycles. The molecule has 0 saturated carbocycles. The van der Waals surface area contributed by atoms with Gasteiger partial charge >= 0.3 is 0 Å². The first kappa shape index (κ1) is 12.3. The Labute approximate surface area is 104 Å². The smallest absolute Gasteiger partial charge is 0.266 e. The summed E-state index contributed by atoms with van der Waals surface area (Å²) in [6.45, 7) is -0.637. The lowest BCUT2D eigenvalue weighted by Gasteiger charge is -2.06. The molecule has 2 rings (SSSR count). The summed E-state index contributed by atoms with van der Waals surface area (Å²) < 4.78 is 18.5. The van der Waals surface area contributed by atoms with Crippen LogP contribution in [0.4, 0.5) is 4.39 Å². The molecule has 0 aliphatic heterocycles. The predicted octanol–water partition coefficient (Wildman–Crippen LogP) is 1.89. The standard InChI is InChI=1S/C13H13FN2O2/c1-18-11-4-2-10(3-5-11)12-6-7-13(17)16(15-12)9-8-14/h2-7H,8-9H2,1H3. The van der Waals surface area contributed by atoms with Gasteiger partial charge in [-0.05, 0) is 30.3 Å². The molecule has 1 aromatic heterocycles. The number of methoxy groups -OCH3 is 1. The van der Waals surface area contributed by atoms with Gasteiger partial charge in [-0.2, -0.15) is 5.10 Å². The summed E-state index contributed by atoms with van der Waals surface area (Å²) in [5.41, 5.74) is 1.18. The van der Waals surface area contributed by atoms with Gasteiger partial charge in [-0.25, -0.2) is 9.07 Å². The summed E-state index contributed by atoms with van der Waals surface area (Å²) in [7, 11) is 1.59. The summed E-state index contributed by atoms with van der Waals surface area (Å²) in [6.07, 6.45) is 0. The number of ether oxygens (including phenoxy) is 1. The third-order valence-electron chi connectivity index (χ3n) is 2.55. The Morgan fingerprint density at radius 1 is 1.22 bits per heavy atom. The highest BCUT2D eigenvalue weighted by Crippen LogP contribution is 2.19. The zero-order chi connectivity index (χ0) is 13.0. The van der Waals surface area contributed by atoms with Gasteiger partial charge in [-0.3, -0.25) is 4.79 Å². The van der Waals surface area contributed by atoms with Crippen LogP contribution < -0.4 is 10.3 Å². The molecule has 0 N–H and O–H groups in total. The molecule has 5 heteroatoms. The maximum atomic E-state index is 12.3. The second-order valence-corrected chi connectivity index (χ2v) is 3.70. The molecule has 0 spiro atoms. The van der Waals surface area contributed by atoms with Gasteiger partial charge in [0.2, 0.25) is 0 Å². The monoisotopic (exact) mass is 248 g/mol. The highest BCUT2D eigenvalue weighted by Gasteiger charge is 2.03.